The van der Waals surface area contributed by atoms with E-state index >= 15 is 0 Å². The van der Waals surface area contributed by atoms with Gasteiger partial charge < -0.3 is 0 Å². The van der Waals surface area contributed by atoms with Crippen molar-refractivity contribution in [2.24, 2.45) is 4.99 Å². The maximum Gasteiger partial charge on any atom is 0.271 e. The molecule has 134 valence electrons. The minimum absolute atomic E-state index is 0.0889. The number of halogens is 1. The van der Waals surface area contributed by atoms with E-state index in [9.17, 15) is 4.79 Å². The third kappa shape index (κ3) is 3.69. The first-order valence-corrected chi connectivity index (χ1v) is 10.2. The van der Waals surface area contributed by atoms with Gasteiger partial charge in [-0.25, -0.2) is 4.98 Å². The molecular weight excluding hydrogens is 398 g/mol. The van der Waals surface area contributed by atoms with Crippen LogP contribution in [0.4, 0.5) is 10.8 Å². The molecule has 0 bridgehead atoms. The Morgan fingerprint density at radius 2 is 1.85 bits per heavy atom. The number of hydrogen-bond donors (Lipinski definition) is 0. The summed E-state index contributed by atoms with van der Waals surface area (Å²) in [4.78, 5) is 24.4. The zero-order valence-electron chi connectivity index (χ0n) is 14.3. The van der Waals surface area contributed by atoms with Gasteiger partial charge in [0.1, 0.15) is 0 Å². The number of para-hydroxylation sites is 1. The SMILES string of the molecule is C/C(=C1/S/C(=N/c2nccs2)N(c2ccccc2)C1=O)c1ccc(Cl)cc1. The molecule has 1 aromatic heterocycles. The van der Waals surface area contributed by atoms with E-state index in [-0.39, 0.29) is 5.91 Å². The van der Waals surface area contributed by atoms with E-state index in [2.05, 4.69) is 9.98 Å². The molecular formula is C20H14ClN3OS2. The highest BCUT2D eigenvalue weighted by Gasteiger charge is 2.36. The van der Waals surface area contributed by atoms with Crippen LogP contribution in [-0.4, -0.2) is 16.1 Å². The van der Waals surface area contributed by atoms with Crippen LogP contribution in [0.15, 0.2) is 76.1 Å². The Hall–Kier alpha value is -2.41. The molecule has 1 fully saturated rings. The predicted molar refractivity (Wildman–Crippen MR) is 115 cm³/mol. The van der Waals surface area contributed by atoms with E-state index in [1.165, 1.54) is 23.1 Å². The lowest BCUT2D eigenvalue weighted by atomic mass is 10.1. The molecule has 4 nitrogen and oxygen atoms in total. The van der Waals surface area contributed by atoms with Crippen molar-refractivity contribution in [3.05, 3.63) is 81.7 Å². The molecule has 2 aromatic carbocycles. The molecule has 2 heterocycles. The maximum absolute atomic E-state index is 13.2. The smallest absolute Gasteiger partial charge is 0.268 e. The predicted octanol–water partition coefficient (Wildman–Crippen LogP) is 6.00. The molecule has 1 saturated heterocycles. The first-order chi connectivity index (χ1) is 13.1. The molecule has 1 amide bonds. The fraction of sp³-hybridized carbons (Fsp3) is 0.0500. The normalized spacial score (nSPS) is 17.6. The lowest BCUT2D eigenvalue weighted by Crippen LogP contribution is -2.28. The van der Waals surface area contributed by atoms with Gasteiger partial charge in [0.15, 0.2) is 5.17 Å². The Balaban J connectivity index is 1.81. The highest BCUT2D eigenvalue weighted by Crippen LogP contribution is 2.40. The molecule has 0 spiro atoms. The molecule has 4 rings (SSSR count). The van der Waals surface area contributed by atoms with Gasteiger partial charge in [0.25, 0.3) is 5.91 Å². The summed E-state index contributed by atoms with van der Waals surface area (Å²) in [6, 6.07) is 17.0. The lowest BCUT2D eigenvalue weighted by Gasteiger charge is -2.15. The van der Waals surface area contributed by atoms with Gasteiger partial charge in [0.05, 0.1) is 10.6 Å². The maximum atomic E-state index is 13.2. The van der Waals surface area contributed by atoms with E-state index in [1.807, 2.05) is 66.9 Å². The monoisotopic (exact) mass is 411 g/mol. The van der Waals surface area contributed by atoms with Gasteiger partial charge in [-0.2, -0.15) is 4.99 Å². The van der Waals surface area contributed by atoms with Gasteiger partial charge >= 0.3 is 0 Å². The number of hydrogen-bond acceptors (Lipinski definition) is 5. The van der Waals surface area contributed by atoms with Crippen molar-refractivity contribution in [1.29, 1.82) is 0 Å². The third-order valence-electron chi connectivity index (χ3n) is 4.02. The second-order valence-corrected chi connectivity index (χ2v) is 8.04. The number of allylic oxidation sites excluding steroid dienone is 1. The van der Waals surface area contributed by atoms with Crippen molar-refractivity contribution in [2.45, 2.75) is 6.92 Å². The summed E-state index contributed by atoms with van der Waals surface area (Å²) < 4.78 is 0. The van der Waals surface area contributed by atoms with Crippen LogP contribution in [0.3, 0.4) is 0 Å². The van der Waals surface area contributed by atoms with Crippen LogP contribution in [-0.2, 0) is 4.79 Å². The lowest BCUT2D eigenvalue weighted by molar-refractivity contribution is -0.113. The van der Waals surface area contributed by atoms with E-state index in [1.54, 1.807) is 11.1 Å². The Morgan fingerprint density at radius 1 is 1.11 bits per heavy atom. The van der Waals surface area contributed by atoms with Crippen molar-refractivity contribution in [2.75, 3.05) is 4.90 Å². The van der Waals surface area contributed by atoms with Crippen LogP contribution in [0.1, 0.15) is 12.5 Å². The van der Waals surface area contributed by atoms with Crippen LogP contribution in [0, 0.1) is 0 Å². The van der Waals surface area contributed by atoms with Crippen LogP contribution < -0.4 is 4.90 Å². The van der Waals surface area contributed by atoms with Crippen LogP contribution in [0.25, 0.3) is 5.57 Å². The average Bonchev–Trinajstić information content (AvgIpc) is 3.31. The third-order valence-corrected chi connectivity index (χ3v) is 6.08. The molecule has 0 saturated carbocycles. The van der Waals surface area contributed by atoms with Gasteiger partial charge in [-0.1, -0.05) is 41.9 Å². The number of aromatic nitrogens is 1. The number of amides is 1. The van der Waals surface area contributed by atoms with Gasteiger partial charge in [-0.3, -0.25) is 9.69 Å². The Kier molecular flexibility index (Phi) is 5.11. The molecule has 3 aromatic rings. The molecule has 1 aliphatic heterocycles. The number of benzene rings is 2. The fourth-order valence-electron chi connectivity index (χ4n) is 2.67. The summed E-state index contributed by atoms with van der Waals surface area (Å²) >= 11 is 8.79. The van der Waals surface area contributed by atoms with Gasteiger partial charge in [-0.15, -0.1) is 11.3 Å². The van der Waals surface area contributed by atoms with Crippen molar-refractivity contribution >= 4 is 62.2 Å². The van der Waals surface area contributed by atoms with E-state index in [0.717, 1.165) is 16.8 Å². The zero-order valence-corrected chi connectivity index (χ0v) is 16.7. The second kappa shape index (κ2) is 7.68. The first kappa shape index (κ1) is 18.0. The molecule has 0 radical (unpaired) electrons. The summed E-state index contributed by atoms with van der Waals surface area (Å²) in [5, 5.41) is 3.75. The average molecular weight is 412 g/mol. The van der Waals surface area contributed by atoms with E-state index < -0.39 is 0 Å². The summed E-state index contributed by atoms with van der Waals surface area (Å²) in [7, 11) is 0. The number of anilines is 1. The molecule has 1 aliphatic rings. The molecule has 0 N–H and O–H groups in total. The summed E-state index contributed by atoms with van der Waals surface area (Å²) in [5.74, 6) is -0.0889. The van der Waals surface area contributed by atoms with Gasteiger partial charge in [0.2, 0.25) is 5.13 Å². The summed E-state index contributed by atoms with van der Waals surface area (Å²) in [5.41, 5.74) is 2.63. The number of rotatable bonds is 3. The first-order valence-electron chi connectivity index (χ1n) is 8.16. The minimum atomic E-state index is -0.0889. The van der Waals surface area contributed by atoms with Crippen LogP contribution in [0.2, 0.25) is 5.02 Å². The summed E-state index contributed by atoms with van der Waals surface area (Å²) in [6.45, 7) is 1.94. The Morgan fingerprint density at radius 3 is 2.52 bits per heavy atom. The number of carbonyl (C=O) groups excluding carboxylic acids is 1. The number of thiazole rings is 1. The van der Waals surface area contributed by atoms with Crippen molar-refractivity contribution in [1.82, 2.24) is 4.98 Å². The molecule has 0 aliphatic carbocycles. The van der Waals surface area contributed by atoms with Crippen LogP contribution >= 0.6 is 34.7 Å². The topological polar surface area (TPSA) is 45.6 Å². The number of aliphatic imine (C=N–C) groups is 1. The number of carbonyl (C=O) groups is 1. The number of thioether (sulfide) groups is 1. The summed E-state index contributed by atoms with van der Waals surface area (Å²) in [6.07, 6.45) is 1.70. The van der Waals surface area contributed by atoms with E-state index in [0.29, 0.717) is 20.2 Å². The van der Waals surface area contributed by atoms with E-state index in [4.69, 9.17) is 11.6 Å². The molecule has 0 atom stereocenters. The van der Waals surface area contributed by atoms with Crippen molar-refractivity contribution < 1.29 is 4.79 Å². The highest BCUT2D eigenvalue weighted by atomic mass is 35.5. The second-order valence-electron chi connectivity index (χ2n) is 5.75. The largest absolute Gasteiger partial charge is 0.271 e. The van der Waals surface area contributed by atoms with Crippen molar-refractivity contribution in [3.8, 4) is 0 Å². The highest BCUT2D eigenvalue weighted by molar-refractivity contribution is 8.19. The number of amidine groups is 1. The zero-order chi connectivity index (χ0) is 18.8. The quantitative estimate of drug-likeness (QED) is 0.497. The Labute approximate surface area is 170 Å². The standard InChI is InChI=1S/C20H14ClN3OS2/c1-13(14-7-9-15(21)10-8-14)17-18(25)24(16-5-3-2-4-6-16)20(27-17)23-19-22-11-12-26-19/h2-12H,1H3/b17-13-,23-20+. The molecule has 7 heteroatoms. The van der Waals surface area contributed by atoms with Crippen molar-refractivity contribution in [3.63, 3.8) is 0 Å². The van der Waals surface area contributed by atoms with Gasteiger partial charge in [-0.05, 0) is 54.1 Å². The van der Waals surface area contributed by atoms with Crippen LogP contribution in [0.5, 0.6) is 0 Å². The Bertz CT molecular complexity index is 1030. The fourth-order valence-corrected chi connectivity index (χ4v) is 4.40. The minimum Gasteiger partial charge on any atom is -0.268 e. The molecule has 0 unspecified atom stereocenters. The number of nitrogens with zero attached hydrogens (tertiary/aromatic N) is 3. The molecule has 27 heavy (non-hydrogen) atoms. The van der Waals surface area contributed by atoms with Gasteiger partial charge in [0, 0.05) is 16.6 Å².